The fourth-order valence-electron chi connectivity index (χ4n) is 4.47. The summed E-state index contributed by atoms with van der Waals surface area (Å²) in [6.07, 6.45) is 2.09. The molecule has 0 saturated carbocycles. The van der Waals surface area contributed by atoms with Crippen molar-refractivity contribution >= 4 is 23.8 Å². The summed E-state index contributed by atoms with van der Waals surface area (Å²) >= 11 is 0. The van der Waals surface area contributed by atoms with E-state index in [0.29, 0.717) is 13.2 Å². The van der Waals surface area contributed by atoms with Gasteiger partial charge in [-0.3, -0.25) is 9.59 Å². The Labute approximate surface area is 265 Å². The fourth-order valence-corrected chi connectivity index (χ4v) is 4.47. The number of rotatable bonds is 20. The largest absolute Gasteiger partial charge is 0.494 e. The molecule has 1 fully saturated rings. The second-order valence-corrected chi connectivity index (χ2v) is 10.7. The molecule has 0 unspecified atom stereocenters. The molecule has 3 rings (SSSR count). The maximum absolute atomic E-state index is 13.0. The second-order valence-electron chi connectivity index (χ2n) is 10.7. The van der Waals surface area contributed by atoms with Crippen molar-refractivity contribution in [2.45, 2.75) is 90.5 Å². The molecule has 45 heavy (non-hydrogen) atoms. The molecule has 2 aromatic rings. The van der Waals surface area contributed by atoms with Crippen molar-refractivity contribution in [1.29, 1.82) is 0 Å². The van der Waals surface area contributed by atoms with Crippen molar-refractivity contribution in [2.24, 2.45) is 0 Å². The lowest BCUT2D eigenvalue weighted by Crippen LogP contribution is -2.48. The van der Waals surface area contributed by atoms with E-state index in [4.69, 9.17) is 23.7 Å². The Bertz CT molecular complexity index is 1140. The predicted octanol–water partition coefficient (Wildman–Crippen LogP) is 3.69. The molecule has 11 nitrogen and oxygen atoms in total. The first-order valence-corrected chi connectivity index (χ1v) is 15.8. The van der Waals surface area contributed by atoms with Crippen LogP contribution in [0.15, 0.2) is 48.5 Å². The van der Waals surface area contributed by atoms with E-state index in [9.17, 15) is 19.2 Å². The van der Waals surface area contributed by atoms with Gasteiger partial charge in [0.15, 0.2) is 12.2 Å². The van der Waals surface area contributed by atoms with Crippen LogP contribution in [0.1, 0.15) is 64.5 Å². The number of nitrogens with one attached hydrogen (secondary N) is 2. The third-order valence-electron chi connectivity index (χ3n) is 7.04. The molecule has 0 aromatic heterocycles. The van der Waals surface area contributed by atoms with Crippen molar-refractivity contribution < 1.29 is 42.9 Å². The Kier molecular flexibility index (Phi) is 14.6. The maximum Gasteiger partial charge on any atom is 0.328 e. The van der Waals surface area contributed by atoms with E-state index in [1.165, 1.54) is 0 Å². The highest BCUT2D eigenvalue weighted by molar-refractivity contribution is 5.97. The van der Waals surface area contributed by atoms with E-state index < -0.39 is 48.0 Å². The third-order valence-corrected chi connectivity index (χ3v) is 7.04. The molecule has 0 radical (unpaired) electrons. The Morgan fingerprint density at radius 2 is 1.02 bits per heavy atom. The zero-order valence-corrected chi connectivity index (χ0v) is 26.7. The monoisotopic (exact) mass is 626 g/mol. The molecule has 1 aliphatic heterocycles. The lowest BCUT2D eigenvalue weighted by molar-refractivity contribution is -0.148. The van der Waals surface area contributed by atoms with Crippen molar-refractivity contribution in [3.63, 3.8) is 0 Å². The second kappa shape index (κ2) is 18.6. The molecular weight excluding hydrogens is 580 g/mol. The Morgan fingerprint density at radius 3 is 1.36 bits per heavy atom. The fraction of sp³-hybridized carbons (Fsp3) is 0.529. The van der Waals surface area contributed by atoms with Gasteiger partial charge in [-0.25, -0.2) is 9.59 Å². The molecule has 0 aliphatic carbocycles. The number of hydrogen-bond donors (Lipinski definition) is 2. The molecular formula is C34H46N2O9. The Balaban J connectivity index is 1.58. The maximum atomic E-state index is 13.0. The Hall–Kier alpha value is -4.12. The first-order chi connectivity index (χ1) is 21.8. The van der Waals surface area contributed by atoms with E-state index in [1.807, 2.05) is 48.5 Å². The molecule has 1 saturated heterocycles. The lowest BCUT2D eigenvalue weighted by Gasteiger charge is -2.18. The van der Waals surface area contributed by atoms with Crippen LogP contribution in [0.3, 0.4) is 0 Å². The number of carbonyl (C=O) groups excluding carboxylic acids is 4. The summed E-state index contributed by atoms with van der Waals surface area (Å²) in [4.78, 5) is 51.4. The quantitative estimate of drug-likeness (QED) is 0.128. The van der Waals surface area contributed by atoms with Gasteiger partial charge in [0.05, 0.1) is 26.4 Å². The van der Waals surface area contributed by atoms with Crippen LogP contribution < -0.4 is 20.1 Å². The number of unbranched alkanes of at least 4 members (excludes halogenated alkanes) is 2. The number of esters is 2. The molecule has 2 N–H and O–H groups in total. The first-order valence-electron chi connectivity index (χ1n) is 15.8. The summed E-state index contributed by atoms with van der Waals surface area (Å²) < 4.78 is 27.1. The minimum atomic E-state index is -1.11. The van der Waals surface area contributed by atoms with Gasteiger partial charge < -0.3 is 34.3 Å². The summed E-state index contributed by atoms with van der Waals surface area (Å²) in [5.74, 6) is -1.00. The number of hydrogen-bond acceptors (Lipinski definition) is 9. The molecule has 11 heteroatoms. The van der Waals surface area contributed by atoms with Gasteiger partial charge in [-0.2, -0.15) is 0 Å². The SMILES string of the molecule is CCCCOc1ccc(C[C@H](NC(=O)[C@H]2O[C@@H]2C(=O)N[C@@H](Cc2ccc(OCCCC)cc2)C(=O)OCC)C(=O)OCC)cc1. The normalized spacial score (nSPS) is 16.5. The van der Waals surface area contributed by atoms with Gasteiger partial charge in [0.25, 0.3) is 11.8 Å². The minimum Gasteiger partial charge on any atom is -0.494 e. The van der Waals surface area contributed by atoms with E-state index in [2.05, 4.69) is 24.5 Å². The first kappa shape index (κ1) is 35.4. The minimum absolute atomic E-state index is 0.143. The van der Waals surface area contributed by atoms with Crippen LogP contribution in [0.25, 0.3) is 0 Å². The average Bonchev–Trinajstić information content (AvgIpc) is 3.84. The number of epoxide rings is 1. The Morgan fingerprint density at radius 1 is 0.644 bits per heavy atom. The summed E-state index contributed by atoms with van der Waals surface area (Å²) in [5.41, 5.74) is 1.58. The van der Waals surface area contributed by atoms with Crippen LogP contribution in [0.2, 0.25) is 0 Å². The molecule has 1 heterocycles. The zero-order valence-electron chi connectivity index (χ0n) is 26.7. The highest BCUT2D eigenvalue weighted by atomic mass is 16.6. The molecule has 1 aliphatic rings. The third kappa shape index (κ3) is 11.7. The van der Waals surface area contributed by atoms with Crippen molar-refractivity contribution in [2.75, 3.05) is 26.4 Å². The van der Waals surface area contributed by atoms with Gasteiger partial charge in [-0.05, 0) is 62.1 Å². The van der Waals surface area contributed by atoms with Gasteiger partial charge >= 0.3 is 11.9 Å². The lowest BCUT2D eigenvalue weighted by atomic mass is 10.0. The van der Waals surface area contributed by atoms with Crippen LogP contribution in [0, 0.1) is 0 Å². The van der Waals surface area contributed by atoms with Gasteiger partial charge in [0.1, 0.15) is 23.6 Å². The van der Waals surface area contributed by atoms with Gasteiger partial charge in [-0.1, -0.05) is 51.0 Å². The smallest absolute Gasteiger partial charge is 0.328 e. The average molecular weight is 627 g/mol. The van der Waals surface area contributed by atoms with Crippen molar-refractivity contribution in [3.8, 4) is 11.5 Å². The predicted molar refractivity (Wildman–Crippen MR) is 167 cm³/mol. The van der Waals surface area contributed by atoms with Crippen molar-refractivity contribution in [3.05, 3.63) is 59.7 Å². The summed E-state index contributed by atoms with van der Waals surface area (Å²) in [6.45, 7) is 9.06. The number of ether oxygens (including phenoxy) is 5. The van der Waals surface area contributed by atoms with Gasteiger partial charge in [0.2, 0.25) is 0 Å². The van der Waals surface area contributed by atoms with Crippen LogP contribution in [0.5, 0.6) is 11.5 Å². The van der Waals surface area contributed by atoms with Gasteiger partial charge in [-0.15, -0.1) is 0 Å². The topological polar surface area (TPSA) is 142 Å². The summed E-state index contributed by atoms with van der Waals surface area (Å²) in [6, 6.07) is 12.6. The molecule has 2 aromatic carbocycles. The van der Waals surface area contributed by atoms with Gasteiger partial charge in [0, 0.05) is 12.8 Å². The molecule has 2 amide bonds. The summed E-state index contributed by atoms with van der Waals surface area (Å²) in [5, 5.41) is 5.32. The van der Waals surface area contributed by atoms with E-state index >= 15 is 0 Å². The number of benzene rings is 2. The van der Waals surface area contributed by atoms with E-state index in [1.54, 1.807) is 13.8 Å². The molecule has 0 bridgehead atoms. The van der Waals surface area contributed by atoms with Crippen molar-refractivity contribution in [1.82, 2.24) is 10.6 Å². The number of amides is 2. The molecule has 4 atom stereocenters. The van der Waals surface area contributed by atoms with Crippen LogP contribution in [-0.2, 0) is 46.2 Å². The van der Waals surface area contributed by atoms with Crippen LogP contribution in [-0.4, -0.2) is 74.5 Å². The standard InChI is InChI=1S/C34H46N2O9/c1-5-9-19-43-25-15-11-23(12-16-25)21-27(33(39)41-7-3)35-31(37)29-30(45-29)32(38)36-28(34(40)42-8-4)22-24-13-17-26(18-14-24)44-20-10-6-2/h11-18,27-30H,5-10,19-22H2,1-4H3,(H,35,37)(H,36,38)/t27-,28-,29-,30-/m0/s1. The zero-order chi connectivity index (χ0) is 32.6. The van der Waals surface area contributed by atoms with E-state index in [0.717, 1.165) is 48.3 Å². The molecule has 0 spiro atoms. The van der Waals surface area contributed by atoms with E-state index in [-0.39, 0.29) is 26.1 Å². The summed E-state index contributed by atoms with van der Waals surface area (Å²) in [7, 11) is 0. The molecule has 246 valence electrons. The van der Waals surface area contributed by atoms with Crippen LogP contribution in [0.4, 0.5) is 0 Å². The number of carbonyl (C=O) groups is 4. The highest BCUT2D eigenvalue weighted by Crippen LogP contribution is 2.24. The highest BCUT2D eigenvalue weighted by Gasteiger charge is 2.51. The van der Waals surface area contributed by atoms with Crippen LogP contribution >= 0.6 is 0 Å².